The van der Waals surface area contributed by atoms with Crippen LogP contribution in [0.25, 0.3) is 10.9 Å². The fraction of sp³-hybridized carbons (Fsp3) is 0.207. The van der Waals surface area contributed by atoms with Crippen molar-refractivity contribution in [2.75, 3.05) is 7.11 Å². The average Bonchev–Trinajstić information content (AvgIpc) is 3.36. The van der Waals surface area contributed by atoms with Crippen LogP contribution >= 0.6 is 11.6 Å². The standard InChI is InChI=1S/C29H25ClF2N4O2/c1-28(31,32)19-9-7-18(8-10-19)14-22-26(30)21-15-20(11-12-23(21)35-27(22)38-3)29(37,24-6-4-5-13-34-24)25-16-33-17-36(25)2/h4-13,15-17,37H,14H2,1-3H3. The van der Waals surface area contributed by atoms with Gasteiger partial charge in [-0.1, -0.05) is 48.0 Å². The maximum atomic E-state index is 13.7. The largest absolute Gasteiger partial charge is 0.481 e. The molecule has 1 N–H and O–H groups in total. The molecule has 0 aliphatic carbocycles. The van der Waals surface area contributed by atoms with Crippen molar-refractivity contribution in [2.45, 2.75) is 24.9 Å². The van der Waals surface area contributed by atoms with Crippen molar-refractivity contribution in [2.24, 2.45) is 7.05 Å². The monoisotopic (exact) mass is 534 g/mol. The number of nitrogens with zero attached hydrogens (tertiary/aromatic N) is 4. The summed E-state index contributed by atoms with van der Waals surface area (Å²) in [7, 11) is 3.31. The van der Waals surface area contributed by atoms with Gasteiger partial charge in [0.15, 0.2) is 5.60 Å². The van der Waals surface area contributed by atoms with Crippen LogP contribution in [-0.2, 0) is 25.0 Å². The summed E-state index contributed by atoms with van der Waals surface area (Å²) in [6.07, 6.45) is 5.15. The number of aryl methyl sites for hydroxylation is 1. The number of imidazole rings is 1. The molecule has 0 fully saturated rings. The van der Waals surface area contributed by atoms with Crippen LogP contribution < -0.4 is 4.74 Å². The second-order valence-electron chi connectivity index (χ2n) is 9.22. The SMILES string of the molecule is COc1nc2ccc(C(O)(c3ccccn3)c3cncn3C)cc2c(Cl)c1Cc1ccc(C(C)(F)F)cc1. The number of benzene rings is 2. The van der Waals surface area contributed by atoms with E-state index in [0.717, 1.165) is 12.5 Å². The Morgan fingerprint density at radius 2 is 1.79 bits per heavy atom. The lowest BCUT2D eigenvalue weighted by Gasteiger charge is -2.29. The molecule has 3 heterocycles. The Morgan fingerprint density at radius 3 is 2.39 bits per heavy atom. The number of pyridine rings is 2. The molecule has 0 spiro atoms. The molecule has 5 rings (SSSR count). The number of hydrogen-bond donors (Lipinski definition) is 1. The van der Waals surface area contributed by atoms with E-state index in [0.29, 0.717) is 50.7 Å². The molecule has 0 aliphatic rings. The van der Waals surface area contributed by atoms with Gasteiger partial charge in [-0.2, -0.15) is 0 Å². The van der Waals surface area contributed by atoms with Crippen LogP contribution in [0.4, 0.5) is 8.78 Å². The maximum Gasteiger partial charge on any atom is 0.270 e. The van der Waals surface area contributed by atoms with Gasteiger partial charge in [-0.15, -0.1) is 0 Å². The fourth-order valence-electron chi connectivity index (χ4n) is 4.62. The van der Waals surface area contributed by atoms with Crippen LogP contribution in [0.15, 0.2) is 79.4 Å². The average molecular weight is 535 g/mol. The molecule has 1 atom stereocenters. The van der Waals surface area contributed by atoms with E-state index in [9.17, 15) is 13.9 Å². The van der Waals surface area contributed by atoms with E-state index in [1.54, 1.807) is 72.8 Å². The first-order chi connectivity index (χ1) is 18.1. The van der Waals surface area contributed by atoms with Gasteiger partial charge in [0.05, 0.1) is 41.6 Å². The Balaban J connectivity index is 1.65. The topological polar surface area (TPSA) is 73.1 Å². The van der Waals surface area contributed by atoms with Crippen LogP contribution in [0.2, 0.25) is 5.02 Å². The number of halogens is 3. The van der Waals surface area contributed by atoms with E-state index in [2.05, 4.69) is 15.0 Å². The molecule has 0 bridgehead atoms. The van der Waals surface area contributed by atoms with E-state index in [-0.39, 0.29) is 5.56 Å². The zero-order valence-corrected chi connectivity index (χ0v) is 21.7. The lowest BCUT2D eigenvalue weighted by atomic mass is 9.86. The predicted octanol–water partition coefficient (Wildman–Crippen LogP) is 6.01. The van der Waals surface area contributed by atoms with E-state index in [4.69, 9.17) is 16.3 Å². The molecular weight excluding hydrogens is 510 g/mol. The second-order valence-corrected chi connectivity index (χ2v) is 9.60. The highest BCUT2D eigenvalue weighted by Crippen LogP contribution is 2.40. The molecule has 1 unspecified atom stereocenters. The number of aliphatic hydroxyl groups is 1. The van der Waals surface area contributed by atoms with Crippen LogP contribution in [0.3, 0.4) is 0 Å². The Hall–Kier alpha value is -3.88. The van der Waals surface area contributed by atoms with Crippen molar-refractivity contribution in [3.05, 3.63) is 118 Å². The molecule has 0 saturated carbocycles. The predicted molar refractivity (Wildman–Crippen MR) is 142 cm³/mol. The highest BCUT2D eigenvalue weighted by atomic mass is 35.5. The summed E-state index contributed by atoms with van der Waals surface area (Å²) in [6, 6.07) is 16.8. The van der Waals surface area contributed by atoms with Gasteiger partial charge in [-0.05, 0) is 35.4 Å². The lowest BCUT2D eigenvalue weighted by molar-refractivity contribution is 0.0174. The van der Waals surface area contributed by atoms with Crippen molar-refractivity contribution in [1.82, 2.24) is 19.5 Å². The van der Waals surface area contributed by atoms with E-state index < -0.39 is 11.5 Å². The highest BCUT2D eigenvalue weighted by Gasteiger charge is 2.38. The third-order valence-corrected chi connectivity index (χ3v) is 7.09. The van der Waals surface area contributed by atoms with Crippen LogP contribution in [0.1, 0.15) is 40.6 Å². The summed E-state index contributed by atoms with van der Waals surface area (Å²) in [5.41, 5.74) is 1.76. The van der Waals surface area contributed by atoms with Gasteiger partial charge in [-0.25, -0.2) is 18.7 Å². The van der Waals surface area contributed by atoms with Gasteiger partial charge in [0.1, 0.15) is 0 Å². The first-order valence-electron chi connectivity index (χ1n) is 11.9. The minimum absolute atomic E-state index is 0.0652. The summed E-state index contributed by atoms with van der Waals surface area (Å²) in [5, 5.41) is 13.2. The second kappa shape index (κ2) is 9.78. The molecule has 0 radical (unpaired) electrons. The van der Waals surface area contributed by atoms with Crippen LogP contribution in [0, 0.1) is 0 Å². The minimum atomic E-state index is -2.92. The van der Waals surface area contributed by atoms with Gasteiger partial charge < -0.3 is 14.4 Å². The summed E-state index contributed by atoms with van der Waals surface area (Å²) in [6.45, 7) is 0.865. The summed E-state index contributed by atoms with van der Waals surface area (Å²) >= 11 is 6.95. The number of ether oxygens (including phenoxy) is 1. The third kappa shape index (κ3) is 4.50. The number of rotatable bonds is 7. The number of methoxy groups -OCH3 is 1. The molecule has 0 aliphatic heterocycles. The summed E-state index contributed by atoms with van der Waals surface area (Å²) in [5.74, 6) is -2.58. The molecule has 0 amide bonds. The molecule has 6 nitrogen and oxygen atoms in total. The number of alkyl halides is 2. The van der Waals surface area contributed by atoms with E-state index in [1.807, 2.05) is 6.07 Å². The van der Waals surface area contributed by atoms with Crippen molar-refractivity contribution >= 4 is 22.5 Å². The normalized spacial score (nSPS) is 13.4. The Morgan fingerprint density at radius 1 is 1.05 bits per heavy atom. The fourth-order valence-corrected chi connectivity index (χ4v) is 4.92. The quantitative estimate of drug-likeness (QED) is 0.277. The van der Waals surface area contributed by atoms with Gasteiger partial charge >= 0.3 is 0 Å². The number of fused-ring (bicyclic) bond motifs is 1. The van der Waals surface area contributed by atoms with E-state index in [1.165, 1.54) is 19.2 Å². The lowest BCUT2D eigenvalue weighted by Crippen LogP contribution is -2.32. The van der Waals surface area contributed by atoms with Gasteiger partial charge in [0.25, 0.3) is 5.92 Å². The van der Waals surface area contributed by atoms with Gasteiger partial charge in [0.2, 0.25) is 5.88 Å². The van der Waals surface area contributed by atoms with Crippen molar-refractivity contribution in [1.29, 1.82) is 0 Å². The molecule has 3 aromatic heterocycles. The van der Waals surface area contributed by atoms with Gasteiger partial charge in [0, 0.05) is 43.1 Å². The third-order valence-electron chi connectivity index (χ3n) is 6.65. The van der Waals surface area contributed by atoms with Crippen molar-refractivity contribution in [3.63, 3.8) is 0 Å². The minimum Gasteiger partial charge on any atom is -0.481 e. The molecule has 2 aromatic carbocycles. The smallest absolute Gasteiger partial charge is 0.270 e. The Bertz CT molecular complexity index is 1600. The first-order valence-corrected chi connectivity index (χ1v) is 12.2. The molecule has 0 saturated heterocycles. The highest BCUT2D eigenvalue weighted by molar-refractivity contribution is 6.36. The summed E-state index contributed by atoms with van der Waals surface area (Å²) in [4.78, 5) is 13.3. The first kappa shape index (κ1) is 25.8. The van der Waals surface area contributed by atoms with Crippen molar-refractivity contribution in [3.8, 4) is 5.88 Å². The maximum absolute atomic E-state index is 13.7. The molecular formula is C29H25ClF2N4O2. The van der Waals surface area contributed by atoms with E-state index >= 15 is 0 Å². The number of aromatic nitrogens is 4. The summed E-state index contributed by atoms with van der Waals surface area (Å²) < 4.78 is 34.6. The zero-order valence-electron chi connectivity index (χ0n) is 21.0. The van der Waals surface area contributed by atoms with Gasteiger partial charge in [-0.3, -0.25) is 4.98 Å². The van der Waals surface area contributed by atoms with Crippen LogP contribution in [-0.4, -0.2) is 31.7 Å². The Kier molecular flexibility index (Phi) is 6.63. The van der Waals surface area contributed by atoms with Crippen LogP contribution in [0.5, 0.6) is 5.88 Å². The molecule has 5 aromatic rings. The molecule has 38 heavy (non-hydrogen) atoms. The Labute approximate surface area is 223 Å². The molecule has 9 heteroatoms. The van der Waals surface area contributed by atoms with Crippen molar-refractivity contribution < 1.29 is 18.6 Å². The molecule has 194 valence electrons. The number of hydrogen-bond acceptors (Lipinski definition) is 5. The zero-order chi connectivity index (χ0) is 27.1.